The molecule has 2 saturated carbocycles. The van der Waals surface area contributed by atoms with E-state index in [4.69, 9.17) is 10.5 Å². The first kappa shape index (κ1) is 18.7. The molecule has 142 valence electrons. The van der Waals surface area contributed by atoms with E-state index < -0.39 is 5.54 Å². The van der Waals surface area contributed by atoms with E-state index in [9.17, 15) is 9.59 Å². The molecule has 1 aromatic rings. The number of nitrogens with one attached hydrogen (secondary N) is 2. The minimum absolute atomic E-state index is 0.0256. The predicted molar refractivity (Wildman–Crippen MR) is 99.7 cm³/mol. The zero-order valence-corrected chi connectivity index (χ0v) is 15.4. The molecule has 2 aliphatic carbocycles. The molecule has 0 saturated heterocycles. The minimum atomic E-state index is -0.732. The van der Waals surface area contributed by atoms with E-state index in [0.717, 1.165) is 50.5 Å². The molecule has 3 rings (SSSR count). The average molecular weight is 359 g/mol. The van der Waals surface area contributed by atoms with Crippen molar-refractivity contribution in [1.29, 1.82) is 0 Å². The lowest BCUT2D eigenvalue weighted by molar-refractivity contribution is -0.128. The van der Waals surface area contributed by atoms with E-state index in [1.807, 2.05) is 31.2 Å². The maximum atomic E-state index is 12.5. The summed E-state index contributed by atoms with van der Waals surface area (Å²) >= 11 is 0. The Hall–Kier alpha value is -2.08. The van der Waals surface area contributed by atoms with Crippen molar-refractivity contribution < 1.29 is 14.3 Å². The second-order valence-corrected chi connectivity index (χ2v) is 7.61. The summed E-state index contributed by atoms with van der Waals surface area (Å²) in [5.41, 5.74) is 6.54. The molecule has 26 heavy (non-hydrogen) atoms. The number of amides is 2. The Labute approximate surface area is 154 Å². The van der Waals surface area contributed by atoms with Crippen molar-refractivity contribution in [2.75, 3.05) is 6.61 Å². The lowest BCUT2D eigenvalue weighted by atomic mass is 9.81. The van der Waals surface area contributed by atoms with E-state index in [1.54, 1.807) is 0 Å². The lowest BCUT2D eigenvalue weighted by Crippen LogP contribution is -2.55. The zero-order valence-electron chi connectivity index (χ0n) is 15.4. The average Bonchev–Trinajstić information content (AvgIpc) is 3.45. The first-order valence-electron chi connectivity index (χ1n) is 9.58. The molecular formula is C20H29N3O3. The third-order valence-corrected chi connectivity index (χ3v) is 5.24. The molecular weight excluding hydrogens is 330 g/mol. The highest BCUT2D eigenvalue weighted by Crippen LogP contribution is 2.27. The van der Waals surface area contributed by atoms with Crippen LogP contribution >= 0.6 is 0 Å². The standard InChI is InChI=1S/C20H29N3O3/c1-14(22-19(25)20(21)11-3-2-4-12-20)15-5-9-17(10-6-15)26-13-18(24)23-16-7-8-16/h5-6,9-10,14,16H,2-4,7-8,11-13,21H2,1H3,(H,22,25)(H,23,24). The Bertz CT molecular complexity index is 634. The van der Waals surface area contributed by atoms with Gasteiger partial charge in [0.1, 0.15) is 5.75 Å². The Morgan fingerprint density at radius 1 is 1.19 bits per heavy atom. The molecule has 2 amide bonds. The van der Waals surface area contributed by atoms with Crippen LogP contribution in [0.1, 0.15) is 63.5 Å². The Balaban J connectivity index is 1.48. The van der Waals surface area contributed by atoms with Gasteiger partial charge in [0.05, 0.1) is 11.6 Å². The molecule has 2 fully saturated rings. The highest BCUT2D eigenvalue weighted by atomic mass is 16.5. The summed E-state index contributed by atoms with van der Waals surface area (Å²) in [5.74, 6) is 0.487. The Morgan fingerprint density at radius 2 is 1.85 bits per heavy atom. The normalized spacial score (nSPS) is 20.1. The first-order valence-corrected chi connectivity index (χ1v) is 9.58. The minimum Gasteiger partial charge on any atom is -0.484 e. The fourth-order valence-electron chi connectivity index (χ4n) is 3.33. The van der Waals surface area contributed by atoms with Gasteiger partial charge in [-0.1, -0.05) is 31.4 Å². The summed E-state index contributed by atoms with van der Waals surface area (Å²) in [4.78, 5) is 24.2. The SMILES string of the molecule is CC(NC(=O)C1(N)CCCCC1)c1ccc(OCC(=O)NC2CC2)cc1. The molecule has 0 spiro atoms. The number of ether oxygens (including phenoxy) is 1. The van der Waals surface area contributed by atoms with E-state index in [0.29, 0.717) is 11.8 Å². The van der Waals surface area contributed by atoms with Gasteiger partial charge < -0.3 is 21.1 Å². The topological polar surface area (TPSA) is 93.5 Å². The van der Waals surface area contributed by atoms with Crippen molar-refractivity contribution in [2.45, 2.75) is 69.5 Å². The molecule has 6 heteroatoms. The van der Waals surface area contributed by atoms with Crippen LogP contribution in [0.25, 0.3) is 0 Å². The smallest absolute Gasteiger partial charge is 0.258 e. The third kappa shape index (κ3) is 4.97. The third-order valence-electron chi connectivity index (χ3n) is 5.24. The van der Waals surface area contributed by atoms with Gasteiger partial charge in [-0.25, -0.2) is 0 Å². The van der Waals surface area contributed by atoms with Crippen molar-refractivity contribution in [1.82, 2.24) is 10.6 Å². The number of nitrogens with two attached hydrogens (primary N) is 1. The maximum absolute atomic E-state index is 12.5. The lowest BCUT2D eigenvalue weighted by Gasteiger charge is -2.33. The van der Waals surface area contributed by atoms with Gasteiger partial charge in [0, 0.05) is 6.04 Å². The quantitative estimate of drug-likeness (QED) is 0.696. The van der Waals surface area contributed by atoms with Crippen LogP contribution in [0, 0.1) is 0 Å². The largest absolute Gasteiger partial charge is 0.484 e. The van der Waals surface area contributed by atoms with Gasteiger partial charge >= 0.3 is 0 Å². The van der Waals surface area contributed by atoms with E-state index in [1.165, 1.54) is 0 Å². The second kappa shape index (κ2) is 8.08. The van der Waals surface area contributed by atoms with Gasteiger partial charge in [0.2, 0.25) is 5.91 Å². The predicted octanol–water partition coefficient (Wildman–Crippen LogP) is 2.18. The Morgan fingerprint density at radius 3 is 2.46 bits per heavy atom. The summed E-state index contributed by atoms with van der Waals surface area (Å²) in [7, 11) is 0. The number of hydrogen-bond acceptors (Lipinski definition) is 4. The van der Waals surface area contributed by atoms with E-state index in [2.05, 4.69) is 10.6 Å². The molecule has 2 aliphatic rings. The molecule has 1 unspecified atom stereocenters. The summed E-state index contributed by atoms with van der Waals surface area (Å²) in [6.45, 7) is 1.97. The van der Waals surface area contributed by atoms with Gasteiger partial charge in [0.15, 0.2) is 6.61 Å². The number of hydrogen-bond donors (Lipinski definition) is 3. The van der Waals surface area contributed by atoms with Gasteiger partial charge in [-0.3, -0.25) is 9.59 Å². The number of carbonyl (C=O) groups is 2. The second-order valence-electron chi connectivity index (χ2n) is 7.61. The number of rotatable bonds is 7. The summed E-state index contributed by atoms with van der Waals surface area (Å²) in [6.07, 6.45) is 6.81. The van der Waals surface area contributed by atoms with Crippen LogP contribution in [0.15, 0.2) is 24.3 Å². The molecule has 6 nitrogen and oxygen atoms in total. The van der Waals surface area contributed by atoms with Gasteiger partial charge in [-0.15, -0.1) is 0 Å². The van der Waals surface area contributed by atoms with Crippen LogP contribution in [0.4, 0.5) is 0 Å². The van der Waals surface area contributed by atoms with Crippen LogP contribution in [-0.2, 0) is 9.59 Å². The van der Waals surface area contributed by atoms with Crippen LogP contribution in [0.2, 0.25) is 0 Å². The maximum Gasteiger partial charge on any atom is 0.258 e. The molecule has 0 bridgehead atoms. The summed E-state index contributed by atoms with van der Waals surface area (Å²) < 4.78 is 5.50. The van der Waals surface area contributed by atoms with Crippen molar-refractivity contribution in [3.63, 3.8) is 0 Å². The highest BCUT2D eigenvalue weighted by Gasteiger charge is 2.35. The van der Waals surface area contributed by atoms with E-state index >= 15 is 0 Å². The molecule has 0 aliphatic heterocycles. The van der Waals surface area contributed by atoms with Gasteiger partial charge in [0.25, 0.3) is 5.91 Å². The summed E-state index contributed by atoms with van der Waals surface area (Å²) in [6, 6.07) is 7.67. The molecule has 4 N–H and O–H groups in total. The van der Waals surface area contributed by atoms with Crippen molar-refractivity contribution >= 4 is 11.8 Å². The molecule has 0 aromatic heterocycles. The zero-order chi connectivity index (χ0) is 18.6. The monoisotopic (exact) mass is 359 g/mol. The highest BCUT2D eigenvalue weighted by molar-refractivity contribution is 5.86. The van der Waals surface area contributed by atoms with Crippen LogP contribution in [-0.4, -0.2) is 30.0 Å². The fraction of sp³-hybridized carbons (Fsp3) is 0.600. The molecule has 0 radical (unpaired) electrons. The molecule has 0 heterocycles. The van der Waals surface area contributed by atoms with Crippen LogP contribution in [0.3, 0.4) is 0 Å². The van der Waals surface area contributed by atoms with Gasteiger partial charge in [-0.2, -0.15) is 0 Å². The molecule has 1 atom stereocenters. The first-order chi connectivity index (χ1) is 12.5. The number of carbonyl (C=O) groups excluding carboxylic acids is 2. The van der Waals surface area contributed by atoms with Crippen molar-refractivity contribution in [3.05, 3.63) is 29.8 Å². The van der Waals surface area contributed by atoms with Crippen LogP contribution < -0.4 is 21.1 Å². The van der Waals surface area contributed by atoms with Crippen LogP contribution in [0.5, 0.6) is 5.75 Å². The Kier molecular flexibility index (Phi) is 5.81. The summed E-state index contributed by atoms with van der Waals surface area (Å²) in [5, 5.41) is 5.92. The number of benzene rings is 1. The van der Waals surface area contributed by atoms with Gasteiger partial charge in [-0.05, 0) is 50.3 Å². The van der Waals surface area contributed by atoms with E-state index in [-0.39, 0.29) is 24.5 Å². The fourth-order valence-corrected chi connectivity index (χ4v) is 3.33. The van der Waals surface area contributed by atoms with Crippen molar-refractivity contribution in [2.24, 2.45) is 5.73 Å². The molecule has 1 aromatic carbocycles. The van der Waals surface area contributed by atoms with Crippen molar-refractivity contribution in [3.8, 4) is 5.75 Å².